The van der Waals surface area contributed by atoms with Crippen LogP contribution in [0.15, 0.2) is 79.0 Å². The zero-order chi connectivity index (χ0) is 20.9. The summed E-state index contributed by atoms with van der Waals surface area (Å²) in [4.78, 5) is 33.2. The lowest BCUT2D eigenvalue weighted by molar-refractivity contribution is -0.128. The molecule has 1 aliphatic heterocycles. The van der Waals surface area contributed by atoms with E-state index in [2.05, 4.69) is 4.98 Å². The molecule has 1 aromatic heterocycles. The highest BCUT2D eigenvalue weighted by atomic mass is 16.5. The average Bonchev–Trinajstić information content (AvgIpc) is 3.14. The highest BCUT2D eigenvalue weighted by molar-refractivity contribution is 5.99. The lowest BCUT2D eigenvalue weighted by Gasteiger charge is -2.23. The number of para-hydroxylation sites is 3. The number of amides is 2. The van der Waals surface area contributed by atoms with Crippen LogP contribution in [-0.2, 0) is 16.1 Å². The summed E-state index contributed by atoms with van der Waals surface area (Å²) in [6.07, 6.45) is 1.91. The lowest BCUT2D eigenvalue weighted by Crippen LogP contribution is -2.34. The number of hydrogen-bond donors (Lipinski definition) is 0. The quantitative estimate of drug-likeness (QED) is 0.629. The first-order valence-electron chi connectivity index (χ1n) is 9.89. The van der Waals surface area contributed by atoms with E-state index in [4.69, 9.17) is 4.74 Å². The van der Waals surface area contributed by atoms with Crippen LogP contribution in [0.5, 0.6) is 11.5 Å². The van der Waals surface area contributed by atoms with Crippen molar-refractivity contribution in [3.05, 3.63) is 84.7 Å². The Morgan fingerprint density at radius 1 is 1.07 bits per heavy atom. The third kappa shape index (κ3) is 4.33. The third-order valence-corrected chi connectivity index (χ3v) is 5.17. The van der Waals surface area contributed by atoms with Crippen molar-refractivity contribution in [3.8, 4) is 11.5 Å². The fourth-order valence-electron chi connectivity index (χ4n) is 3.61. The molecule has 1 atom stereocenters. The Morgan fingerprint density at radius 2 is 1.80 bits per heavy atom. The smallest absolute Gasteiger partial charge is 0.232 e. The molecule has 6 nitrogen and oxygen atoms in total. The number of anilines is 1. The number of ether oxygens (including phenoxy) is 1. The van der Waals surface area contributed by atoms with Gasteiger partial charge in [0.05, 0.1) is 23.8 Å². The van der Waals surface area contributed by atoms with Crippen molar-refractivity contribution >= 4 is 17.5 Å². The molecule has 2 amide bonds. The van der Waals surface area contributed by atoms with E-state index in [0.717, 1.165) is 5.69 Å². The van der Waals surface area contributed by atoms with Crippen molar-refractivity contribution in [2.24, 2.45) is 5.92 Å². The van der Waals surface area contributed by atoms with Crippen LogP contribution in [0.2, 0.25) is 0 Å². The van der Waals surface area contributed by atoms with Gasteiger partial charge in [-0.1, -0.05) is 36.4 Å². The number of rotatable bonds is 6. The predicted molar refractivity (Wildman–Crippen MR) is 114 cm³/mol. The molecule has 0 aliphatic carbocycles. The van der Waals surface area contributed by atoms with Crippen LogP contribution in [0.25, 0.3) is 0 Å². The van der Waals surface area contributed by atoms with Gasteiger partial charge >= 0.3 is 0 Å². The Labute approximate surface area is 175 Å². The first-order chi connectivity index (χ1) is 14.6. The van der Waals surface area contributed by atoms with E-state index >= 15 is 0 Å². The van der Waals surface area contributed by atoms with Crippen molar-refractivity contribution in [2.75, 3.05) is 18.5 Å². The molecule has 2 aromatic carbocycles. The second-order valence-electron chi connectivity index (χ2n) is 7.28. The molecule has 2 heterocycles. The van der Waals surface area contributed by atoms with Crippen LogP contribution in [0.4, 0.5) is 5.69 Å². The number of benzene rings is 2. The van der Waals surface area contributed by atoms with Gasteiger partial charge in [0.25, 0.3) is 0 Å². The second kappa shape index (κ2) is 8.78. The molecule has 0 spiro atoms. The molecule has 0 saturated carbocycles. The Bertz CT molecular complexity index is 1020. The fraction of sp³-hybridized carbons (Fsp3) is 0.208. The van der Waals surface area contributed by atoms with Gasteiger partial charge in [-0.25, -0.2) is 0 Å². The minimum atomic E-state index is -0.393. The highest BCUT2D eigenvalue weighted by Crippen LogP contribution is 2.33. The van der Waals surface area contributed by atoms with Crippen molar-refractivity contribution < 1.29 is 14.3 Å². The summed E-state index contributed by atoms with van der Waals surface area (Å²) in [5.41, 5.74) is 1.48. The predicted octanol–water partition coefficient (Wildman–Crippen LogP) is 3.89. The SMILES string of the molecule is CN(C(=O)C1CC(=O)N(Cc2ccccn2)C1)c1ccccc1Oc1ccccc1. The van der Waals surface area contributed by atoms with E-state index in [-0.39, 0.29) is 18.2 Å². The molecule has 4 rings (SSSR count). The highest BCUT2D eigenvalue weighted by Gasteiger charge is 2.36. The van der Waals surface area contributed by atoms with Crippen molar-refractivity contribution in [2.45, 2.75) is 13.0 Å². The average molecular weight is 401 g/mol. The molecule has 0 bridgehead atoms. The molecule has 152 valence electrons. The van der Waals surface area contributed by atoms with Crippen LogP contribution in [0, 0.1) is 5.92 Å². The summed E-state index contributed by atoms with van der Waals surface area (Å²) < 4.78 is 5.99. The minimum absolute atomic E-state index is 0.0266. The monoisotopic (exact) mass is 401 g/mol. The van der Waals surface area contributed by atoms with Gasteiger partial charge in [-0.15, -0.1) is 0 Å². The second-order valence-corrected chi connectivity index (χ2v) is 7.28. The maximum Gasteiger partial charge on any atom is 0.232 e. The van der Waals surface area contributed by atoms with E-state index in [1.165, 1.54) is 0 Å². The molecule has 3 aromatic rings. The van der Waals surface area contributed by atoms with Gasteiger partial charge in [0, 0.05) is 26.2 Å². The van der Waals surface area contributed by atoms with Gasteiger partial charge in [-0.2, -0.15) is 0 Å². The van der Waals surface area contributed by atoms with Crippen LogP contribution in [-0.4, -0.2) is 35.3 Å². The van der Waals surface area contributed by atoms with E-state index in [0.29, 0.717) is 30.3 Å². The number of likely N-dealkylation sites (tertiary alicyclic amines) is 1. The third-order valence-electron chi connectivity index (χ3n) is 5.17. The van der Waals surface area contributed by atoms with E-state index < -0.39 is 5.92 Å². The maximum atomic E-state index is 13.2. The van der Waals surface area contributed by atoms with Gasteiger partial charge in [-0.3, -0.25) is 14.6 Å². The van der Waals surface area contributed by atoms with Gasteiger partial charge in [-0.05, 0) is 36.4 Å². The summed E-state index contributed by atoms with van der Waals surface area (Å²) in [7, 11) is 1.72. The summed E-state index contributed by atoms with van der Waals surface area (Å²) in [5, 5.41) is 0. The summed E-state index contributed by atoms with van der Waals surface area (Å²) in [6, 6.07) is 22.5. The Hall–Kier alpha value is -3.67. The topological polar surface area (TPSA) is 62.7 Å². The molecule has 6 heteroatoms. The van der Waals surface area contributed by atoms with Gasteiger partial charge in [0.15, 0.2) is 5.75 Å². The molecule has 0 radical (unpaired) electrons. The normalized spacial score (nSPS) is 15.8. The Balaban J connectivity index is 1.47. The lowest BCUT2D eigenvalue weighted by atomic mass is 10.1. The number of carbonyl (C=O) groups is 2. The Morgan fingerprint density at radius 3 is 2.57 bits per heavy atom. The zero-order valence-corrected chi connectivity index (χ0v) is 16.8. The summed E-state index contributed by atoms with van der Waals surface area (Å²) >= 11 is 0. The van der Waals surface area contributed by atoms with Gasteiger partial charge in [0.2, 0.25) is 11.8 Å². The van der Waals surface area contributed by atoms with Crippen LogP contribution >= 0.6 is 0 Å². The van der Waals surface area contributed by atoms with Crippen LogP contribution < -0.4 is 9.64 Å². The number of carbonyl (C=O) groups excluding carboxylic acids is 2. The zero-order valence-electron chi connectivity index (χ0n) is 16.8. The van der Waals surface area contributed by atoms with E-state index in [9.17, 15) is 9.59 Å². The van der Waals surface area contributed by atoms with Crippen LogP contribution in [0.3, 0.4) is 0 Å². The number of aromatic nitrogens is 1. The van der Waals surface area contributed by atoms with Crippen molar-refractivity contribution in [1.82, 2.24) is 9.88 Å². The number of hydrogen-bond acceptors (Lipinski definition) is 4. The first kappa shape index (κ1) is 19.6. The molecule has 1 saturated heterocycles. The van der Waals surface area contributed by atoms with E-state index in [1.807, 2.05) is 72.8 Å². The largest absolute Gasteiger partial charge is 0.455 e. The number of nitrogens with zero attached hydrogens (tertiary/aromatic N) is 3. The van der Waals surface area contributed by atoms with Crippen LogP contribution in [0.1, 0.15) is 12.1 Å². The number of pyridine rings is 1. The standard InChI is InChI=1S/C24H23N3O3/c1-26(21-12-5-6-13-22(21)30-20-10-3-2-4-11-20)24(29)18-15-23(28)27(16-18)17-19-9-7-8-14-25-19/h2-14,18H,15-17H2,1H3. The molecule has 1 unspecified atom stereocenters. The molecule has 1 aliphatic rings. The molecular weight excluding hydrogens is 378 g/mol. The van der Waals surface area contributed by atoms with Crippen molar-refractivity contribution in [1.29, 1.82) is 0 Å². The molecular formula is C24H23N3O3. The Kier molecular flexibility index (Phi) is 5.75. The molecule has 0 N–H and O–H groups in total. The first-order valence-corrected chi connectivity index (χ1v) is 9.89. The van der Waals surface area contributed by atoms with E-state index in [1.54, 1.807) is 23.0 Å². The minimum Gasteiger partial charge on any atom is -0.455 e. The molecule has 1 fully saturated rings. The molecule has 30 heavy (non-hydrogen) atoms. The van der Waals surface area contributed by atoms with Gasteiger partial charge in [0.1, 0.15) is 5.75 Å². The maximum absolute atomic E-state index is 13.2. The fourth-order valence-corrected chi connectivity index (χ4v) is 3.61. The summed E-state index contributed by atoms with van der Waals surface area (Å²) in [5.74, 6) is 0.769. The van der Waals surface area contributed by atoms with Gasteiger partial charge < -0.3 is 14.5 Å². The van der Waals surface area contributed by atoms with Crippen molar-refractivity contribution in [3.63, 3.8) is 0 Å². The summed E-state index contributed by atoms with van der Waals surface area (Å²) in [6.45, 7) is 0.807.